The number of thiophene rings is 2. The quantitative estimate of drug-likeness (QED) is 0.346. The van der Waals surface area contributed by atoms with Crippen LogP contribution in [0.15, 0.2) is 48.7 Å². The summed E-state index contributed by atoms with van der Waals surface area (Å²) in [5.74, 6) is 0. The first-order chi connectivity index (χ1) is 12.1. The summed E-state index contributed by atoms with van der Waals surface area (Å²) in [6, 6.07) is 15.3. The maximum atomic E-state index is 4.73. The Hall–Kier alpha value is -2.30. The number of aromatic nitrogens is 2. The van der Waals surface area contributed by atoms with Crippen LogP contribution in [0.4, 0.5) is 0 Å². The van der Waals surface area contributed by atoms with E-state index in [4.69, 9.17) is 4.98 Å². The Labute approximate surface area is 154 Å². The fourth-order valence-electron chi connectivity index (χ4n) is 3.50. The van der Waals surface area contributed by atoms with Crippen molar-refractivity contribution in [2.75, 3.05) is 0 Å². The Kier molecular flexibility index (Phi) is 3.21. The highest BCUT2D eigenvalue weighted by Crippen LogP contribution is 2.46. The second-order valence-corrected chi connectivity index (χ2v) is 8.52. The number of aryl methyl sites for hydroxylation is 3. The van der Waals surface area contributed by atoms with Crippen LogP contribution in [0.1, 0.15) is 11.3 Å². The van der Waals surface area contributed by atoms with Gasteiger partial charge < -0.3 is 0 Å². The van der Waals surface area contributed by atoms with E-state index in [2.05, 4.69) is 74.1 Å². The van der Waals surface area contributed by atoms with E-state index in [0.29, 0.717) is 0 Å². The molecule has 4 heterocycles. The zero-order valence-electron chi connectivity index (χ0n) is 14.3. The first-order valence-electron chi connectivity index (χ1n) is 8.30. The van der Waals surface area contributed by atoms with Crippen molar-refractivity contribution < 1.29 is 4.57 Å². The SMILES string of the molecule is Cc1ccc2c(n1)sc1c3ccc(C)c(-c4cccc[n+]4C)c3sc21. The molecule has 0 radical (unpaired) electrons. The highest BCUT2D eigenvalue weighted by atomic mass is 32.1. The average molecular weight is 362 g/mol. The first-order valence-corrected chi connectivity index (χ1v) is 9.94. The second kappa shape index (κ2) is 5.35. The third-order valence-corrected chi connectivity index (χ3v) is 7.29. The van der Waals surface area contributed by atoms with Gasteiger partial charge in [-0.25, -0.2) is 9.55 Å². The van der Waals surface area contributed by atoms with Crippen molar-refractivity contribution in [1.82, 2.24) is 4.98 Å². The molecule has 25 heavy (non-hydrogen) atoms. The molecule has 0 atom stereocenters. The fraction of sp³-hybridized carbons (Fsp3) is 0.143. The molecule has 0 spiro atoms. The number of hydrogen-bond donors (Lipinski definition) is 0. The predicted molar refractivity (Wildman–Crippen MR) is 109 cm³/mol. The molecular weight excluding hydrogens is 344 g/mol. The molecule has 0 amide bonds. The number of fused-ring (bicyclic) bond motifs is 5. The molecule has 0 aliphatic carbocycles. The minimum absolute atomic E-state index is 1.08. The van der Waals surface area contributed by atoms with Gasteiger partial charge in [-0.1, -0.05) is 12.1 Å². The molecule has 1 aromatic carbocycles. The second-order valence-electron chi connectivity index (χ2n) is 6.50. The van der Waals surface area contributed by atoms with E-state index >= 15 is 0 Å². The summed E-state index contributed by atoms with van der Waals surface area (Å²) in [5, 5.41) is 2.64. The van der Waals surface area contributed by atoms with Gasteiger partial charge in [0.05, 0.1) is 19.7 Å². The van der Waals surface area contributed by atoms with E-state index in [0.717, 1.165) is 10.5 Å². The van der Waals surface area contributed by atoms with Gasteiger partial charge in [-0.05, 0) is 37.6 Å². The van der Waals surface area contributed by atoms with Crippen LogP contribution in [0.3, 0.4) is 0 Å². The van der Waals surface area contributed by atoms with E-state index in [9.17, 15) is 0 Å². The molecule has 4 heteroatoms. The Morgan fingerprint density at radius 3 is 2.48 bits per heavy atom. The van der Waals surface area contributed by atoms with Gasteiger partial charge in [0.2, 0.25) is 5.69 Å². The van der Waals surface area contributed by atoms with Crippen LogP contribution < -0.4 is 4.57 Å². The molecule has 122 valence electrons. The van der Waals surface area contributed by atoms with Crippen molar-refractivity contribution in [1.29, 1.82) is 0 Å². The normalized spacial score (nSPS) is 11.8. The number of nitrogens with zero attached hydrogens (tertiary/aromatic N) is 2. The maximum Gasteiger partial charge on any atom is 0.213 e. The topological polar surface area (TPSA) is 16.8 Å². The van der Waals surface area contributed by atoms with Crippen molar-refractivity contribution in [3.63, 3.8) is 0 Å². The van der Waals surface area contributed by atoms with Gasteiger partial charge in [0.15, 0.2) is 6.20 Å². The van der Waals surface area contributed by atoms with Crippen LogP contribution >= 0.6 is 22.7 Å². The summed E-state index contributed by atoms with van der Waals surface area (Å²) in [6.45, 7) is 4.26. The maximum absolute atomic E-state index is 4.73. The molecule has 0 unspecified atom stereocenters. The van der Waals surface area contributed by atoms with Gasteiger partial charge in [-0.3, -0.25) is 0 Å². The smallest absolute Gasteiger partial charge is 0.213 e. The van der Waals surface area contributed by atoms with Crippen LogP contribution in [0.25, 0.3) is 41.0 Å². The van der Waals surface area contributed by atoms with Crippen LogP contribution in [-0.4, -0.2) is 4.98 Å². The predicted octanol–water partition coefficient (Wildman–Crippen LogP) is 5.77. The van der Waals surface area contributed by atoms with Crippen molar-refractivity contribution in [3.8, 4) is 11.3 Å². The number of hydrogen-bond acceptors (Lipinski definition) is 3. The number of rotatable bonds is 1. The van der Waals surface area contributed by atoms with Crippen LogP contribution in [-0.2, 0) is 7.05 Å². The molecule has 0 aliphatic rings. The lowest BCUT2D eigenvalue weighted by Crippen LogP contribution is -2.30. The van der Waals surface area contributed by atoms with E-state index in [1.54, 1.807) is 0 Å². The van der Waals surface area contributed by atoms with Crippen molar-refractivity contribution in [2.45, 2.75) is 13.8 Å². The fourth-order valence-corrected chi connectivity index (χ4v) is 6.35. The zero-order chi connectivity index (χ0) is 17.1. The molecule has 0 bridgehead atoms. The third-order valence-electron chi connectivity index (χ3n) is 4.77. The molecule has 4 aromatic heterocycles. The molecule has 0 fully saturated rings. The van der Waals surface area contributed by atoms with E-state index < -0.39 is 0 Å². The lowest BCUT2D eigenvalue weighted by molar-refractivity contribution is -0.660. The molecule has 0 aliphatic heterocycles. The van der Waals surface area contributed by atoms with Gasteiger partial charge in [0.25, 0.3) is 0 Å². The summed E-state index contributed by atoms with van der Waals surface area (Å²) in [4.78, 5) is 5.87. The van der Waals surface area contributed by atoms with Gasteiger partial charge >= 0.3 is 0 Å². The third kappa shape index (κ3) is 2.14. The molecule has 2 nitrogen and oxygen atoms in total. The summed E-state index contributed by atoms with van der Waals surface area (Å²) < 4.78 is 6.32. The number of pyridine rings is 2. The average Bonchev–Trinajstić information content (AvgIpc) is 3.11. The van der Waals surface area contributed by atoms with Crippen LogP contribution in [0.5, 0.6) is 0 Å². The molecule has 0 saturated heterocycles. The van der Waals surface area contributed by atoms with E-state index in [1.165, 1.54) is 41.7 Å². The monoisotopic (exact) mass is 361 g/mol. The first kappa shape index (κ1) is 15.0. The van der Waals surface area contributed by atoms with Crippen molar-refractivity contribution in [2.24, 2.45) is 7.05 Å². The van der Waals surface area contributed by atoms with Gasteiger partial charge in [-0.2, -0.15) is 0 Å². The van der Waals surface area contributed by atoms with Gasteiger partial charge in [0.1, 0.15) is 11.9 Å². The Morgan fingerprint density at radius 1 is 0.840 bits per heavy atom. The molecule has 0 saturated carbocycles. The Bertz CT molecular complexity index is 1280. The highest BCUT2D eigenvalue weighted by Gasteiger charge is 2.20. The summed E-state index contributed by atoms with van der Waals surface area (Å²) in [7, 11) is 2.12. The largest absolute Gasteiger partial charge is 0.242 e. The van der Waals surface area contributed by atoms with Gasteiger partial charge in [0, 0.05) is 28.6 Å². The van der Waals surface area contributed by atoms with Crippen LogP contribution in [0, 0.1) is 13.8 Å². The Balaban J connectivity index is 1.93. The lowest BCUT2D eigenvalue weighted by atomic mass is 10.0. The van der Waals surface area contributed by atoms with Crippen molar-refractivity contribution >= 4 is 52.4 Å². The molecule has 5 aromatic rings. The molecular formula is C21H17N2S2+. The molecule has 5 rings (SSSR count). The standard InChI is InChI=1S/C21H17N2S2/c1-12-7-9-14-18(17(12)16-6-4-5-11-23(16)3)24-20-15-10-8-13(2)22-21(15)25-19(14)20/h4-11H,1-3H3/q+1. The highest BCUT2D eigenvalue weighted by molar-refractivity contribution is 7.36. The Morgan fingerprint density at radius 2 is 1.64 bits per heavy atom. The summed E-state index contributed by atoms with van der Waals surface area (Å²) in [6.07, 6.45) is 2.12. The van der Waals surface area contributed by atoms with Crippen molar-refractivity contribution in [3.05, 3.63) is 59.9 Å². The molecule has 0 N–H and O–H groups in total. The van der Waals surface area contributed by atoms with Crippen LogP contribution in [0.2, 0.25) is 0 Å². The summed E-state index contributed by atoms with van der Waals surface area (Å²) in [5.41, 5.74) is 5.01. The number of benzene rings is 1. The van der Waals surface area contributed by atoms with E-state index in [-0.39, 0.29) is 0 Å². The lowest BCUT2D eigenvalue weighted by Gasteiger charge is -2.05. The van der Waals surface area contributed by atoms with Gasteiger partial charge in [-0.15, -0.1) is 22.7 Å². The minimum Gasteiger partial charge on any atom is -0.242 e. The summed E-state index contributed by atoms with van der Waals surface area (Å²) >= 11 is 3.72. The zero-order valence-corrected chi connectivity index (χ0v) is 16.0. The van der Waals surface area contributed by atoms with E-state index in [1.807, 2.05) is 22.7 Å². The minimum atomic E-state index is 1.08.